The molecule has 6 nitrogen and oxygen atoms in total. The van der Waals surface area contributed by atoms with Gasteiger partial charge < -0.3 is 5.32 Å². The lowest BCUT2D eigenvalue weighted by atomic mass is 10.1. The molecule has 1 aromatic carbocycles. The zero-order valence-corrected chi connectivity index (χ0v) is 19.5. The molecule has 0 aliphatic rings. The standard InChI is InChI=1S/C22H19N3O3S3/c1-12(26)14-6-8-15(9-7-14)23-19(27)13(2)31-22-24-20-18(21(28)25(22)3)16(11-30-20)17-5-4-10-29-17/h4-11,13H,1-3H3,(H,23,27). The molecule has 3 heterocycles. The van der Waals surface area contributed by atoms with Crippen molar-refractivity contribution in [3.05, 3.63) is 63.1 Å². The Kier molecular flexibility index (Phi) is 6.08. The van der Waals surface area contributed by atoms with Crippen molar-refractivity contribution >= 4 is 62.0 Å². The molecule has 0 radical (unpaired) electrons. The molecule has 0 aliphatic heterocycles. The van der Waals surface area contributed by atoms with Crippen LogP contribution in [0.15, 0.2) is 57.1 Å². The molecule has 0 aliphatic carbocycles. The Morgan fingerprint density at radius 1 is 1.16 bits per heavy atom. The minimum absolute atomic E-state index is 0.0278. The molecule has 4 aromatic rings. The molecular formula is C22H19N3O3S3. The smallest absolute Gasteiger partial charge is 0.263 e. The Morgan fingerprint density at radius 3 is 2.55 bits per heavy atom. The summed E-state index contributed by atoms with van der Waals surface area (Å²) in [5, 5.41) is 7.41. The van der Waals surface area contributed by atoms with Gasteiger partial charge in [0.05, 0.1) is 10.6 Å². The van der Waals surface area contributed by atoms with Crippen molar-refractivity contribution in [2.75, 3.05) is 5.32 Å². The Hall–Kier alpha value is -2.75. The third kappa shape index (κ3) is 4.34. The third-order valence-corrected chi connectivity index (χ3v) is 7.69. The Labute approximate surface area is 191 Å². The largest absolute Gasteiger partial charge is 0.325 e. The highest BCUT2D eigenvalue weighted by atomic mass is 32.2. The zero-order chi connectivity index (χ0) is 22.1. The number of thiophene rings is 2. The van der Waals surface area contributed by atoms with Crippen LogP contribution in [-0.2, 0) is 11.8 Å². The molecule has 1 unspecified atom stereocenters. The molecule has 4 rings (SSSR count). The average Bonchev–Trinajstić information content (AvgIpc) is 3.41. The van der Waals surface area contributed by atoms with E-state index >= 15 is 0 Å². The highest BCUT2D eigenvalue weighted by Gasteiger charge is 2.21. The highest BCUT2D eigenvalue weighted by Crippen LogP contribution is 2.34. The van der Waals surface area contributed by atoms with Crippen molar-refractivity contribution in [1.82, 2.24) is 9.55 Å². The minimum Gasteiger partial charge on any atom is -0.325 e. The van der Waals surface area contributed by atoms with Crippen molar-refractivity contribution in [3.63, 3.8) is 0 Å². The molecule has 31 heavy (non-hydrogen) atoms. The van der Waals surface area contributed by atoms with Crippen LogP contribution in [0.25, 0.3) is 20.7 Å². The van der Waals surface area contributed by atoms with Crippen LogP contribution in [0.3, 0.4) is 0 Å². The van der Waals surface area contributed by atoms with Gasteiger partial charge in [0.25, 0.3) is 5.56 Å². The van der Waals surface area contributed by atoms with E-state index in [0.29, 0.717) is 26.6 Å². The number of Topliss-reactive ketones (excluding diaryl/α,β-unsaturated/α-hetero) is 1. The molecule has 1 N–H and O–H groups in total. The predicted octanol–water partition coefficient (Wildman–Crippen LogP) is 5.05. The first-order valence-corrected chi connectivity index (χ1v) is 12.1. The number of hydrogen-bond donors (Lipinski definition) is 1. The van der Waals surface area contributed by atoms with Gasteiger partial charge in [-0.25, -0.2) is 4.98 Å². The highest BCUT2D eigenvalue weighted by molar-refractivity contribution is 8.00. The molecule has 0 bridgehead atoms. The van der Waals surface area contributed by atoms with Crippen LogP contribution >= 0.6 is 34.4 Å². The maximum Gasteiger partial charge on any atom is 0.263 e. The average molecular weight is 470 g/mol. The van der Waals surface area contributed by atoms with Gasteiger partial charge in [0.1, 0.15) is 4.83 Å². The van der Waals surface area contributed by atoms with Crippen LogP contribution in [0.4, 0.5) is 5.69 Å². The van der Waals surface area contributed by atoms with E-state index in [1.54, 1.807) is 49.6 Å². The monoisotopic (exact) mass is 469 g/mol. The summed E-state index contributed by atoms with van der Waals surface area (Å²) in [6.45, 7) is 3.27. The Bertz CT molecular complexity index is 1320. The number of rotatable bonds is 6. The first kappa shape index (κ1) is 21.5. The summed E-state index contributed by atoms with van der Waals surface area (Å²) in [5.74, 6) is -0.236. The number of anilines is 1. The molecular weight excluding hydrogens is 450 g/mol. The number of hydrogen-bond acceptors (Lipinski definition) is 7. The van der Waals surface area contributed by atoms with Crippen LogP contribution in [0.5, 0.6) is 0 Å². The second kappa shape index (κ2) is 8.78. The van der Waals surface area contributed by atoms with Gasteiger partial charge in [-0.15, -0.1) is 22.7 Å². The van der Waals surface area contributed by atoms with Gasteiger partial charge in [0.15, 0.2) is 10.9 Å². The van der Waals surface area contributed by atoms with E-state index < -0.39 is 5.25 Å². The first-order chi connectivity index (χ1) is 14.8. The summed E-state index contributed by atoms with van der Waals surface area (Å²) >= 11 is 4.25. The van der Waals surface area contributed by atoms with E-state index in [0.717, 1.165) is 10.4 Å². The van der Waals surface area contributed by atoms with Crippen LogP contribution < -0.4 is 10.9 Å². The second-order valence-corrected chi connectivity index (χ2v) is 10.1. The SMILES string of the molecule is CC(=O)c1ccc(NC(=O)C(C)Sc2nc3scc(-c4cccs4)c3c(=O)n2C)cc1. The number of amides is 1. The normalized spacial score (nSPS) is 12.1. The van der Waals surface area contributed by atoms with Gasteiger partial charge in [0, 0.05) is 34.1 Å². The summed E-state index contributed by atoms with van der Waals surface area (Å²) in [7, 11) is 1.68. The molecule has 3 aromatic heterocycles. The van der Waals surface area contributed by atoms with E-state index in [4.69, 9.17) is 0 Å². The summed E-state index contributed by atoms with van der Waals surface area (Å²) in [6.07, 6.45) is 0. The summed E-state index contributed by atoms with van der Waals surface area (Å²) in [6, 6.07) is 10.7. The second-order valence-electron chi connectivity index (χ2n) is 6.95. The van der Waals surface area contributed by atoms with E-state index in [-0.39, 0.29) is 17.2 Å². The number of carbonyl (C=O) groups is 2. The predicted molar refractivity (Wildman–Crippen MR) is 129 cm³/mol. The molecule has 0 fully saturated rings. The quantitative estimate of drug-likeness (QED) is 0.243. The lowest BCUT2D eigenvalue weighted by Gasteiger charge is -2.14. The van der Waals surface area contributed by atoms with Crippen molar-refractivity contribution in [2.45, 2.75) is 24.3 Å². The van der Waals surface area contributed by atoms with Crippen molar-refractivity contribution in [2.24, 2.45) is 7.05 Å². The van der Waals surface area contributed by atoms with E-state index in [9.17, 15) is 14.4 Å². The van der Waals surface area contributed by atoms with Crippen molar-refractivity contribution in [3.8, 4) is 10.4 Å². The Morgan fingerprint density at radius 2 is 1.90 bits per heavy atom. The van der Waals surface area contributed by atoms with Crippen LogP contribution in [0.2, 0.25) is 0 Å². The molecule has 1 amide bonds. The molecule has 0 saturated heterocycles. The fraction of sp³-hybridized carbons (Fsp3) is 0.182. The van der Waals surface area contributed by atoms with Crippen molar-refractivity contribution < 1.29 is 9.59 Å². The van der Waals surface area contributed by atoms with E-state index in [2.05, 4.69) is 10.3 Å². The molecule has 158 valence electrons. The van der Waals surface area contributed by atoms with Gasteiger partial charge in [-0.05, 0) is 49.6 Å². The minimum atomic E-state index is -0.472. The number of aromatic nitrogens is 2. The lowest BCUT2D eigenvalue weighted by Crippen LogP contribution is -2.25. The van der Waals surface area contributed by atoms with Crippen molar-refractivity contribution in [1.29, 1.82) is 0 Å². The topological polar surface area (TPSA) is 81.1 Å². The van der Waals surface area contributed by atoms with Gasteiger partial charge in [-0.3, -0.25) is 19.0 Å². The summed E-state index contributed by atoms with van der Waals surface area (Å²) in [5.41, 5.74) is 1.98. The van der Waals surface area contributed by atoms with Crippen LogP contribution in [0, 0.1) is 0 Å². The summed E-state index contributed by atoms with van der Waals surface area (Å²) in [4.78, 5) is 43.4. The summed E-state index contributed by atoms with van der Waals surface area (Å²) < 4.78 is 1.50. The van der Waals surface area contributed by atoms with E-state index in [1.807, 2.05) is 22.9 Å². The van der Waals surface area contributed by atoms with E-state index in [1.165, 1.54) is 34.6 Å². The lowest BCUT2D eigenvalue weighted by molar-refractivity contribution is -0.115. The molecule has 0 saturated carbocycles. The number of thioether (sulfide) groups is 1. The molecule has 9 heteroatoms. The van der Waals surface area contributed by atoms with Gasteiger partial charge in [-0.2, -0.15) is 0 Å². The van der Waals surface area contributed by atoms with Crippen LogP contribution in [0.1, 0.15) is 24.2 Å². The van der Waals surface area contributed by atoms with Gasteiger partial charge in [-0.1, -0.05) is 17.8 Å². The first-order valence-electron chi connectivity index (χ1n) is 9.45. The number of nitrogens with one attached hydrogen (secondary N) is 1. The maximum atomic E-state index is 13.0. The number of fused-ring (bicyclic) bond motifs is 1. The fourth-order valence-electron chi connectivity index (χ4n) is 3.02. The molecule has 0 spiro atoms. The van der Waals surface area contributed by atoms with Crippen LogP contribution in [-0.4, -0.2) is 26.5 Å². The number of ketones is 1. The Balaban J connectivity index is 1.55. The zero-order valence-electron chi connectivity index (χ0n) is 17.0. The number of carbonyl (C=O) groups excluding carboxylic acids is 2. The van der Waals surface area contributed by atoms with Gasteiger partial charge in [0.2, 0.25) is 5.91 Å². The van der Waals surface area contributed by atoms with Gasteiger partial charge >= 0.3 is 0 Å². The maximum absolute atomic E-state index is 13.0. The fourth-order valence-corrected chi connectivity index (χ4v) is 5.69. The number of nitrogens with zero attached hydrogens (tertiary/aromatic N) is 2. The number of benzene rings is 1. The molecule has 1 atom stereocenters. The third-order valence-electron chi connectivity index (χ3n) is 4.77.